The van der Waals surface area contributed by atoms with E-state index in [0.717, 1.165) is 27.4 Å². The molecule has 128 valence electrons. The van der Waals surface area contributed by atoms with Gasteiger partial charge in [-0.1, -0.05) is 31.0 Å². The molecule has 1 heterocycles. The molecule has 2 N–H and O–H groups in total. The van der Waals surface area contributed by atoms with Crippen molar-refractivity contribution in [2.45, 2.75) is 42.2 Å². The van der Waals surface area contributed by atoms with Gasteiger partial charge in [-0.15, -0.1) is 11.8 Å². The molecule has 1 amide bonds. The summed E-state index contributed by atoms with van der Waals surface area (Å²) in [6.07, 6.45) is 7.68. The molecule has 0 radical (unpaired) electrons. The highest BCUT2D eigenvalue weighted by molar-refractivity contribution is 8.00. The molecule has 3 aromatic rings. The van der Waals surface area contributed by atoms with Crippen molar-refractivity contribution in [3.8, 4) is 0 Å². The average Bonchev–Trinajstić information content (AvgIpc) is 3.27. The van der Waals surface area contributed by atoms with Gasteiger partial charge in [0.25, 0.3) is 0 Å². The smallest absolute Gasteiger partial charge is 0.228 e. The van der Waals surface area contributed by atoms with E-state index in [-0.39, 0.29) is 5.91 Å². The largest absolute Gasteiger partial charge is 0.361 e. The summed E-state index contributed by atoms with van der Waals surface area (Å²) in [6.45, 7) is 0. The van der Waals surface area contributed by atoms with Crippen LogP contribution in [0.15, 0.2) is 59.6 Å². The molecule has 2 aromatic carbocycles. The Hall–Kier alpha value is -2.20. The van der Waals surface area contributed by atoms with E-state index >= 15 is 0 Å². The lowest BCUT2D eigenvalue weighted by Gasteiger charge is -2.10. The fraction of sp³-hybridized carbons (Fsp3) is 0.286. The molecule has 0 bridgehead atoms. The van der Waals surface area contributed by atoms with Gasteiger partial charge < -0.3 is 10.3 Å². The summed E-state index contributed by atoms with van der Waals surface area (Å²) in [5.41, 5.74) is 2.96. The Morgan fingerprint density at radius 1 is 1.08 bits per heavy atom. The molecular formula is C21H22N2OS. The number of anilines is 1. The Morgan fingerprint density at radius 3 is 2.64 bits per heavy atom. The Balaban J connectivity index is 1.37. The highest BCUT2D eigenvalue weighted by Gasteiger charge is 2.16. The second-order valence-corrected chi connectivity index (χ2v) is 8.01. The molecule has 0 unspecified atom stereocenters. The molecular weight excluding hydrogens is 328 g/mol. The predicted molar refractivity (Wildman–Crippen MR) is 105 cm³/mol. The van der Waals surface area contributed by atoms with Gasteiger partial charge >= 0.3 is 0 Å². The number of carbonyl (C=O) groups is 1. The van der Waals surface area contributed by atoms with Crippen molar-refractivity contribution in [1.82, 2.24) is 4.98 Å². The Kier molecular flexibility index (Phi) is 4.79. The van der Waals surface area contributed by atoms with E-state index in [1.165, 1.54) is 30.6 Å². The minimum absolute atomic E-state index is 0.0148. The first-order chi connectivity index (χ1) is 12.3. The number of benzene rings is 2. The molecule has 1 saturated carbocycles. The second-order valence-electron chi connectivity index (χ2n) is 6.63. The molecule has 0 atom stereocenters. The third-order valence-electron chi connectivity index (χ3n) is 4.77. The standard InChI is InChI=1S/C21H22N2OS/c24-21(13-15-14-22-20-8-4-3-7-19(15)20)23-16-9-11-18(12-10-16)25-17-5-1-2-6-17/h3-4,7-12,14,17,22H,1-2,5-6,13H2,(H,23,24). The molecule has 3 nitrogen and oxygen atoms in total. The van der Waals surface area contributed by atoms with E-state index in [1.54, 1.807) is 0 Å². The van der Waals surface area contributed by atoms with Crippen molar-refractivity contribution in [2.75, 3.05) is 5.32 Å². The molecule has 1 aliphatic rings. The summed E-state index contributed by atoms with van der Waals surface area (Å²) in [5.74, 6) is 0.0148. The number of aromatic amines is 1. The molecule has 4 rings (SSSR count). The average molecular weight is 350 g/mol. The van der Waals surface area contributed by atoms with Crippen LogP contribution in [0.25, 0.3) is 10.9 Å². The van der Waals surface area contributed by atoms with Crippen LogP contribution < -0.4 is 5.32 Å². The third-order valence-corrected chi connectivity index (χ3v) is 6.12. The summed E-state index contributed by atoms with van der Waals surface area (Å²) in [5, 5.41) is 4.88. The van der Waals surface area contributed by atoms with Crippen molar-refractivity contribution in [2.24, 2.45) is 0 Å². The fourth-order valence-electron chi connectivity index (χ4n) is 3.47. The summed E-state index contributed by atoms with van der Waals surface area (Å²) in [7, 11) is 0. The van der Waals surface area contributed by atoms with Crippen LogP contribution in [0.3, 0.4) is 0 Å². The number of nitrogens with one attached hydrogen (secondary N) is 2. The quantitative estimate of drug-likeness (QED) is 0.648. The van der Waals surface area contributed by atoms with E-state index in [4.69, 9.17) is 0 Å². The van der Waals surface area contributed by atoms with Crippen LogP contribution in [-0.4, -0.2) is 16.1 Å². The summed E-state index contributed by atoms with van der Waals surface area (Å²) in [6, 6.07) is 16.3. The van der Waals surface area contributed by atoms with Crippen molar-refractivity contribution in [3.05, 3.63) is 60.3 Å². The lowest BCUT2D eigenvalue weighted by molar-refractivity contribution is -0.115. The lowest BCUT2D eigenvalue weighted by Crippen LogP contribution is -2.14. The molecule has 25 heavy (non-hydrogen) atoms. The van der Waals surface area contributed by atoms with E-state index < -0.39 is 0 Å². The topological polar surface area (TPSA) is 44.9 Å². The van der Waals surface area contributed by atoms with Gasteiger partial charge in [0.05, 0.1) is 6.42 Å². The van der Waals surface area contributed by atoms with Gasteiger partial charge in [0, 0.05) is 32.9 Å². The zero-order valence-corrected chi connectivity index (χ0v) is 14.9. The number of para-hydroxylation sites is 1. The maximum atomic E-state index is 12.4. The predicted octanol–water partition coefficient (Wildman–Crippen LogP) is 5.38. The van der Waals surface area contributed by atoms with Gasteiger partial charge in [0.2, 0.25) is 5.91 Å². The fourth-order valence-corrected chi connectivity index (χ4v) is 4.72. The van der Waals surface area contributed by atoms with E-state index in [2.05, 4.69) is 22.4 Å². The number of amides is 1. The second kappa shape index (κ2) is 7.36. The van der Waals surface area contributed by atoms with Crippen molar-refractivity contribution < 1.29 is 4.79 Å². The minimum atomic E-state index is 0.0148. The first kappa shape index (κ1) is 16.3. The van der Waals surface area contributed by atoms with Crippen LogP contribution in [0, 0.1) is 0 Å². The highest BCUT2D eigenvalue weighted by atomic mass is 32.2. The van der Waals surface area contributed by atoms with Crippen LogP contribution >= 0.6 is 11.8 Å². The molecule has 4 heteroatoms. The summed E-state index contributed by atoms with van der Waals surface area (Å²) < 4.78 is 0. The van der Waals surface area contributed by atoms with Gasteiger partial charge in [0.15, 0.2) is 0 Å². The molecule has 0 saturated heterocycles. The minimum Gasteiger partial charge on any atom is -0.361 e. The van der Waals surface area contributed by atoms with Gasteiger partial charge in [-0.25, -0.2) is 0 Å². The Bertz CT molecular complexity index is 863. The number of thioether (sulfide) groups is 1. The number of aromatic nitrogens is 1. The number of hydrogen-bond donors (Lipinski definition) is 2. The zero-order chi connectivity index (χ0) is 17.1. The van der Waals surface area contributed by atoms with E-state index in [0.29, 0.717) is 6.42 Å². The van der Waals surface area contributed by atoms with Crippen LogP contribution in [-0.2, 0) is 11.2 Å². The zero-order valence-electron chi connectivity index (χ0n) is 14.1. The number of hydrogen-bond acceptors (Lipinski definition) is 2. The van der Waals surface area contributed by atoms with Gasteiger partial charge in [0.1, 0.15) is 0 Å². The van der Waals surface area contributed by atoms with Crippen molar-refractivity contribution in [1.29, 1.82) is 0 Å². The van der Waals surface area contributed by atoms with E-state index in [1.807, 2.05) is 54.4 Å². The molecule has 1 aliphatic carbocycles. The molecule has 1 fully saturated rings. The van der Waals surface area contributed by atoms with Crippen molar-refractivity contribution in [3.63, 3.8) is 0 Å². The first-order valence-corrected chi connectivity index (χ1v) is 9.77. The van der Waals surface area contributed by atoms with Crippen molar-refractivity contribution >= 4 is 34.3 Å². The monoisotopic (exact) mass is 350 g/mol. The van der Waals surface area contributed by atoms with Crippen LogP contribution in [0.1, 0.15) is 31.2 Å². The van der Waals surface area contributed by atoms with Gasteiger partial charge in [-0.3, -0.25) is 4.79 Å². The van der Waals surface area contributed by atoms with E-state index in [9.17, 15) is 4.79 Å². The van der Waals surface area contributed by atoms with Crippen LogP contribution in [0.4, 0.5) is 5.69 Å². The lowest BCUT2D eigenvalue weighted by atomic mass is 10.1. The molecule has 0 spiro atoms. The molecule has 0 aliphatic heterocycles. The van der Waals surface area contributed by atoms with Crippen LogP contribution in [0.5, 0.6) is 0 Å². The highest BCUT2D eigenvalue weighted by Crippen LogP contribution is 2.35. The van der Waals surface area contributed by atoms with Gasteiger partial charge in [-0.2, -0.15) is 0 Å². The summed E-state index contributed by atoms with van der Waals surface area (Å²) >= 11 is 1.97. The first-order valence-electron chi connectivity index (χ1n) is 8.89. The SMILES string of the molecule is O=C(Cc1c[nH]c2ccccc12)Nc1ccc(SC2CCCC2)cc1. The number of carbonyl (C=O) groups excluding carboxylic acids is 1. The normalized spacial score (nSPS) is 14.9. The van der Waals surface area contributed by atoms with Gasteiger partial charge in [-0.05, 0) is 48.7 Å². The Labute approximate surface area is 152 Å². The van der Waals surface area contributed by atoms with Crippen LogP contribution in [0.2, 0.25) is 0 Å². The number of H-pyrrole nitrogens is 1. The number of fused-ring (bicyclic) bond motifs is 1. The third kappa shape index (κ3) is 3.90. The molecule has 1 aromatic heterocycles. The number of rotatable bonds is 5. The maximum Gasteiger partial charge on any atom is 0.228 e. The summed E-state index contributed by atoms with van der Waals surface area (Å²) in [4.78, 5) is 16.9. The maximum absolute atomic E-state index is 12.4. The Morgan fingerprint density at radius 2 is 1.84 bits per heavy atom.